The number of hydrogen-bond acceptors (Lipinski definition) is 3. The maximum Gasteiger partial charge on any atom is 0.253 e. The first kappa shape index (κ1) is 20.9. The summed E-state index contributed by atoms with van der Waals surface area (Å²) in [5, 5.41) is 3.33. The van der Waals surface area contributed by atoms with Crippen LogP contribution in [0.2, 0.25) is 5.02 Å². The van der Waals surface area contributed by atoms with E-state index in [2.05, 4.69) is 5.32 Å². The highest BCUT2D eigenvalue weighted by Crippen LogP contribution is 2.21. The van der Waals surface area contributed by atoms with E-state index >= 15 is 0 Å². The molecule has 0 aliphatic heterocycles. The molecule has 2 rings (SSSR count). The molecule has 0 aromatic heterocycles. The van der Waals surface area contributed by atoms with Crippen molar-refractivity contribution in [2.75, 3.05) is 27.3 Å². The third kappa shape index (κ3) is 6.38. The predicted molar refractivity (Wildman–Crippen MR) is 107 cm³/mol. The van der Waals surface area contributed by atoms with Crippen LogP contribution < -0.4 is 5.32 Å². The van der Waals surface area contributed by atoms with Gasteiger partial charge < -0.3 is 15.0 Å². The molecule has 2 amide bonds. The molecule has 5 nitrogen and oxygen atoms in total. The Kier molecular flexibility index (Phi) is 8.30. The molecule has 0 heterocycles. The summed E-state index contributed by atoms with van der Waals surface area (Å²) in [6, 6.07) is 15.9. The highest BCUT2D eigenvalue weighted by Gasteiger charge is 2.22. The van der Waals surface area contributed by atoms with Gasteiger partial charge in [-0.25, -0.2) is 0 Å². The first-order valence-corrected chi connectivity index (χ1v) is 9.24. The minimum Gasteiger partial charge on any atom is -0.385 e. The van der Waals surface area contributed by atoms with Gasteiger partial charge in [-0.3, -0.25) is 9.59 Å². The van der Waals surface area contributed by atoms with Crippen LogP contribution in [0.4, 0.5) is 0 Å². The number of rotatable bonds is 9. The molecule has 6 heteroatoms. The lowest BCUT2D eigenvalue weighted by Gasteiger charge is -2.23. The topological polar surface area (TPSA) is 58.6 Å². The van der Waals surface area contributed by atoms with Gasteiger partial charge in [0.1, 0.15) is 0 Å². The number of amides is 2. The van der Waals surface area contributed by atoms with Gasteiger partial charge in [-0.1, -0.05) is 54.1 Å². The summed E-state index contributed by atoms with van der Waals surface area (Å²) in [4.78, 5) is 27.0. The molecule has 144 valence electrons. The SMILES string of the molecule is COCCCN(C)C(=O)CC(NC(=O)c1ccccc1Cl)c1ccccc1. The molecule has 1 atom stereocenters. The van der Waals surface area contributed by atoms with Gasteiger partial charge in [0.15, 0.2) is 0 Å². The molecule has 0 aliphatic carbocycles. The van der Waals surface area contributed by atoms with Gasteiger partial charge in [0.25, 0.3) is 5.91 Å². The number of hydrogen-bond donors (Lipinski definition) is 1. The maximum absolute atomic E-state index is 12.7. The van der Waals surface area contributed by atoms with E-state index in [0.29, 0.717) is 23.7 Å². The average molecular weight is 389 g/mol. The summed E-state index contributed by atoms with van der Waals surface area (Å²) < 4.78 is 5.03. The van der Waals surface area contributed by atoms with E-state index in [1.54, 1.807) is 43.3 Å². The summed E-state index contributed by atoms with van der Waals surface area (Å²) >= 11 is 6.13. The fourth-order valence-corrected chi connectivity index (χ4v) is 2.94. The smallest absolute Gasteiger partial charge is 0.253 e. The summed E-state index contributed by atoms with van der Waals surface area (Å²) in [7, 11) is 3.40. The molecular weight excluding hydrogens is 364 g/mol. The Morgan fingerprint density at radius 3 is 2.44 bits per heavy atom. The normalized spacial score (nSPS) is 11.7. The third-order valence-electron chi connectivity index (χ3n) is 4.27. The van der Waals surface area contributed by atoms with Gasteiger partial charge in [-0.05, 0) is 24.1 Å². The second-order valence-electron chi connectivity index (χ2n) is 6.28. The molecule has 0 saturated heterocycles. The van der Waals surface area contributed by atoms with E-state index in [9.17, 15) is 9.59 Å². The maximum atomic E-state index is 12.7. The van der Waals surface area contributed by atoms with Crippen molar-refractivity contribution < 1.29 is 14.3 Å². The van der Waals surface area contributed by atoms with Crippen LogP contribution in [0.15, 0.2) is 54.6 Å². The monoisotopic (exact) mass is 388 g/mol. The molecule has 1 unspecified atom stereocenters. The van der Waals surface area contributed by atoms with E-state index in [0.717, 1.165) is 12.0 Å². The van der Waals surface area contributed by atoms with Crippen LogP contribution in [0.25, 0.3) is 0 Å². The number of nitrogens with one attached hydrogen (secondary N) is 1. The molecule has 1 N–H and O–H groups in total. The van der Waals surface area contributed by atoms with E-state index in [-0.39, 0.29) is 18.2 Å². The Bertz CT molecular complexity index is 752. The van der Waals surface area contributed by atoms with E-state index in [1.165, 1.54) is 0 Å². The largest absolute Gasteiger partial charge is 0.385 e. The zero-order valence-electron chi connectivity index (χ0n) is 15.7. The van der Waals surface area contributed by atoms with Gasteiger partial charge in [0.05, 0.1) is 23.0 Å². The van der Waals surface area contributed by atoms with E-state index in [1.807, 2.05) is 30.3 Å². The molecule has 2 aromatic carbocycles. The van der Waals surface area contributed by atoms with Crippen molar-refractivity contribution in [2.45, 2.75) is 18.9 Å². The van der Waals surface area contributed by atoms with Crippen LogP contribution in [-0.4, -0.2) is 44.0 Å². The van der Waals surface area contributed by atoms with Crippen molar-refractivity contribution in [1.82, 2.24) is 10.2 Å². The van der Waals surface area contributed by atoms with Crippen molar-refractivity contribution in [1.29, 1.82) is 0 Å². The number of halogens is 1. The van der Waals surface area contributed by atoms with Crippen LogP contribution in [-0.2, 0) is 9.53 Å². The van der Waals surface area contributed by atoms with Crippen molar-refractivity contribution >= 4 is 23.4 Å². The zero-order valence-corrected chi connectivity index (χ0v) is 16.4. The molecule has 0 bridgehead atoms. The van der Waals surface area contributed by atoms with Crippen LogP contribution >= 0.6 is 11.6 Å². The second-order valence-corrected chi connectivity index (χ2v) is 6.69. The molecule has 0 saturated carbocycles. The molecule has 0 radical (unpaired) electrons. The molecule has 0 aliphatic rings. The Hall–Kier alpha value is -2.37. The first-order chi connectivity index (χ1) is 13.0. The molecule has 27 heavy (non-hydrogen) atoms. The summed E-state index contributed by atoms with van der Waals surface area (Å²) in [5.74, 6) is -0.344. The van der Waals surface area contributed by atoms with Crippen molar-refractivity contribution in [3.8, 4) is 0 Å². The van der Waals surface area contributed by atoms with Crippen LogP contribution in [0, 0.1) is 0 Å². The fourth-order valence-electron chi connectivity index (χ4n) is 2.72. The number of carbonyl (C=O) groups is 2. The van der Waals surface area contributed by atoms with Crippen LogP contribution in [0.1, 0.15) is 34.8 Å². The van der Waals surface area contributed by atoms with E-state index in [4.69, 9.17) is 16.3 Å². The Balaban J connectivity index is 2.11. The highest BCUT2D eigenvalue weighted by atomic mass is 35.5. The number of ether oxygens (including phenoxy) is 1. The van der Waals surface area contributed by atoms with Crippen molar-refractivity contribution in [3.05, 3.63) is 70.7 Å². The van der Waals surface area contributed by atoms with Gasteiger partial charge in [0.2, 0.25) is 5.91 Å². The Morgan fingerprint density at radius 2 is 1.78 bits per heavy atom. The lowest BCUT2D eigenvalue weighted by Crippen LogP contribution is -2.35. The van der Waals surface area contributed by atoms with Gasteiger partial charge in [-0.15, -0.1) is 0 Å². The predicted octanol–water partition coefficient (Wildman–Crippen LogP) is 3.70. The lowest BCUT2D eigenvalue weighted by molar-refractivity contribution is -0.130. The number of carbonyl (C=O) groups excluding carboxylic acids is 2. The van der Waals surface area contributed by atoms with Crippen LogP contribution in [0.3, 0.4) is 0 Å². The Labute approximate surface area is 165 Å². The van der Waals surface area contributed by atoms with Gasteiger partial charge >= 0.3 is 0 Å². The number of nitrogens with zero attached hydrogens (tertiary/aromatic N) is 1. The standard InChI is InChI=1S/C21H25ClN2O3/c1-24(13-8-14-27-2)20(25)15-19(16-9-4-3-5-10-16)23-21(26)17-11-6-7-12-18(17)22/h3-7,9-12,19H,8,13-15H2,1-2H3,(H,23,26). The second kappa shape index (κ2) is 10.7. The van der Waals surface area contributed by atoms with Crippen molar-refractivity contribution in [3.63, 3.8) is 0 Å². The lowest BCUT2D eigenvalue weighted by atomic mass is 10.0. The highest BCUT2D eigenvalue weighted by molar-refractivity contribution is 6.33. The summed E-state index contributed by atoms with van der Waals surface area (Å²) in [6.07, 6.45) is 0.935. The zero-order chi connectivity index (χ0) is 19.6. The Morgan fingerprint density at radius 1 is 1.11 bits per heavy atom. The van der Waals surface area contributed by atoms with Crippen LogP contribution in [0.5, 0.6) is 0 Å². The molecule has 0 spiro atoms. The molecule has 0 fully saturated rings. The summed E-state index contributed by atoms with van der Waals surface area (Å²) in [6.45, 7) is 1.20. The first-order valence-electron chi connectivity index (χ1n) is 8.86. The minimum absolute atomic E-state index is 0.0422. The molecule has 2 aromatic rings. The molecular formula is C21H25ClN2O3. The summed E-state index contributed by atoms with van der Waals surface area (Å²) in [5.41, 5.74) is 1.26. The minimum atomic E-state index is -0.438. The number of benzene rings is 2. The number of methoxy groups -OCH3 is 1. The third-order valence-corrected chi connectivity index (χ3v) is 4.60. The van der Waals surface area contributed by atoms with Gasteiger partial charge in [-0.2, -0.15) is 0 Å². The fraction of sp³-hybridized carbons (Fsp3) is 0.333. The van der Waals surface area contributed by atoms with Crippen molar-refractivity contribution in [2.24, 2.45) is 0 Å². The average Bonchev–Trinajstić information content (AvgIpc) is 2.68. The van der Waals surface area contributed by atoms with Gasteiger partial charge in [0, 0.05) is 27.3 Å². The van der Waals surface area contributed by atoms with E-state index < -0.39 is 6.04 Å². The quantitative estimate of drug-likeness (QED) is 0.666.